The molecule has 4 atom stereocenters. The number of hydrogen-bond donors (Lipinski definition) is 5. The summed E-state index contributed by atoms with van der Waals surface area (Å²) < 4.78 is 0. The van der Waals surface area contributed by atoms with Crippen LogP contribution in [0, 0.1) is 0 Å². The van der Waals surface area contributed by atoms with Crippen molar-refractivity contribution in [2.24, 2.45) is 0 Å². The van der Waals surface area contributed by atoms with Gasteiger partial charge >= 0.3 is 0 Å². The fourth-order valence-electron chi connectivity index (χ4n) is 9.59. The van der Waals surface area contributed by atoms with E-state index in [0.717, 1.165) is 38.5 Å². The molecular formula is C59H117NO5. The molecule has 6 heteroatoms. The molecule has 0 saturated carbocycles. The summed E-state index contributed by atoms with van der Waals surface area (Å²) in [5.74, 6) is -0.586. The highest BCUT2D eigenvalue weighted by Gasteiger charge is 2.28. The SMILES string of the molecule is CCCCCCCCCCCCCCCCCCCC/C=C/CCCC(O)C(O)C(CO)NC(=O)C(O)CCCCCCCCCCCCCCCCCCCCCCCCCCCC. The summed E-state index contributed by atoms with van der Waals surface area (Å²) in [5, 5.41) is 44.0. The van der Waals surface area contributed by atoms with E-state index in [1.165, 1.54) is 263 Å². The van der Waals surface area contributed by atoms with Crippen LogP contribution in [0.5, 0.6) is 0 Å². The van der Waals surface area contributed by atoms with Crippen molar-refractivity contribution in [3.8, 4) is 0 Å². The van der Waals surface area contributed by atoms with Crippen molar-refractivity contribution in [3.63, 3.8) is 0 Å². The van der Waals surface area contributed by atoms with E-state index in [1.807, 2.05) is 0 Å². The predicted molar refractivity (Wildman–Crippen MR) is 284 cm³/mol. The molecular weight excluding hydrogens is 803 g/mol. The largest absolute Gasteiger partial charge is 0.394 e. The van der Waals surface area contributed by atoms with Gasteiger partial charge in [0, 0.05) is 0 Å². The second-order valence-electron chi connectivity index (χ2n) is 20.7. The smallest absolute Gasteiger partial charge is 0.249 e. The van der Waals surface area contributed by atoms with E-state index < -0.39 is 36.9 Å². The lowest BCUT2D eigenvalue weighted by atomic mass is 10.00. The van der Waals surface area contributed by atoms with E-state index >= 15 is 0 Å². The standard InChI is InChI=1S/C59H117NO5/c1-3-5-7-9-11-13-15-17-19-21-23-25-27-28-29-31-33-35-37-39-41-43-45-47-49-51-53-57(63)59(65)60-55(54-61)58(64)56(62)52-50-48-46-44-42-40-38-36-34-32-30-26-24-22-20-18-16-14-12-10-8-6-4-2/h44,46,55-58,61-64H,3-43,45,47-54H2,1-2H3,(H,60,65)/b46-44+. The summed E-state index contributed by atoms with van der Waals surface area (Å²) >= 11 is 0. The molecule has 0 heterocycles. The van der Waals surface area contributed by atoms with E-state index in [2.05, 4.69) is 31.3 Å². The lowest BCUT2D eigenvalue weighted by molar-refractivity contribution is -0.132. The third-order valence-corrected chi connectivity index (χ3v) is 14.2. The van der Waals surface area contributed by atoms with Crippen molar-refractivity contribution in [2.75, 3.05) is 6.61 Å². The zero-order valence-corrected chi connectivity index (χ0v) is 44.0. The van der Waals surface area contributed by atoms with Gasteiger partial charge in [-0.2, -0.15) is 0 Å². The highest BCUT2D eigenvalue weighted by atomic mass is 16.3. The van der Waals surface area contributed by atoms with E-state index in [1.54, 1.807) is 0 Å². The van der Waals surface area contributed by atoms with E-state index in [-0.39, 0.29) is 0 Å². The van der Waals surface area contributed by atoms with Crippen LogP contribution >= 0.6 is 0 Å². The van der Waals surface area contributed by atoms with Crippen LogP contribution in [0.4, 0.5) is 0 Å². The van der Waals surface area contributed by atoms with E-state index in [0.29, 0.717) is 12.8 Å². The fourth-order valence-corrected chi connectivity index (χ4v) is 9.59. The van der Waals surface area contributed by atoms with Gasteiger partial charge in [0.15, 0.2) is 0 Å². The first-order valence-electron chi connectivity index (χ1n) is 29.6. The molecule has 5 N–H and O–H groups in total. The number of hydrogen-bond acceptors (Lipinski definition) is 5. The predicted octanol–water partition coefficient (Wildman–Crippen LogP) is 17.3. The number of unbranched alkanes of at least 4 members (excludes halogenated alkanes) is 44. The van der Waals surface area contributed by atoms with Gasteiger partial charge in [-0.25, -0.2) is 0 Å². The van der Waals surface area contributed by atoms with Gasteiger partial charge in [-0.3, -0.25) is 4.79 Å². The lowest BCUT2D eigenvalue weighted by Gasteiger charge is -2.27. The van der Waals surface area contributed by atoms with Gasteiger partial charge < -0.3 is 25.7 Å². The first-order chi connectivity index (χ1) is 32.0. The Balaban J connectivity index is 3.61. The van der Waals surface area contributed by atoms with Crippen LogP contribution in [0.3, 0.4) is 0 Å². The van der Waals surface area contributed by atoms with Crippen LogP contribution in [0.1, 0.15) is 328 Å². The van der Waals surface area contributed by atoms with Crippen molar-refractivity contribution in [1.82, 2.24) is 5.32 Å². The topological polar surface area (TPSA) is 110 Å². The zero-order valence-electron chi connectivity index (χ0n) is 44.0. The minimum absolute atomic E-state index is 0.369. The molecule has 0 fully saturated rings. The Kier molecular flexibility index (Phi) is 53.2. The molecule has 0 aromatic carbocycles. The Morgan fingerprint density at radius 3 is 0.923 bits per heavy atom. The van der Waals surface area contributed by atoms with Crippen LogP contribution in [0.15, 0.2) is 12.2 Å². The number of carbonyl (C=O) groups is 1. The molecule has 1 amide bonds. The van der Waals surface area contributed by atoms with Crippen molar-refractivity contribution in [1.29, 1.82) is 0 Å². The van der Waals surface area contributed by atoms with Gasteiger partial charge in [-0.15, -0.1) is 0 Å². The molecule has 0 aliphatic rings. The van der Waals surface area contributed by atoms with E-state index in [9.17, 15) is 25.2 Å². The second-order valence-corrected chi connectivity index (χ2v) is 20.7. The van der Waals surface area contributed by atoms with Crippen LogP contribution < -0.4 is 5.32 Å². The molecule has 0 radical (unpaired) electrons. The maximum Gasteiger partial charge on any atom is 0.249 e. The van der Waals surface area contributed by atoms with Crippen LogP contribution in [-0.4, -0.2) is 57.3 Å². The summed E-state index contributed by atoms with van der Waals surface area (Å²) in [6, 6.07) is -0.999. The highest BCUT2D eigenvalue weighted by molar-refractivity contribution is 5.80. The molecule has 0 aromatic rings. The normalized spacial score (nSPS) is 13.8. The third kappa shape index (κ3) is 47.9. The Labute approximate surface area is 406 Å². The Hall–Kier alpha value is -0.950. The Morgan fingerprint density at radius 1 is 0.369 bits per heavy atom. The highest BCUT2D eigenvalue weighted by Crippen LogP contribution is 2.18. The van der Waals surface area contributed by atoms with Crippen molar-refractivity contribution in [3.05, 3.63) is 12.2 Å². The van der Waals surface area contributed by atoms with Crippen LogP contribution in [-0.2, 0) is 4.79 Å². The summed E-state index contributed by atoms with van der Waals surface area (Å²) in [7, 11) is 0. The molecule has 0 spiro atoms. The van der Waals surface area contributed by atoms with Crippen LogP contribution in [0.2, 0.25) is 0 Å². The molecule has 0 bridgehead atoms. The number of carbonyl (C=O) groups excluding carboxylic acids is 1. The summed E-state index contributed by atoms with van der Waals surface area (Å²) in [6.07, 6.45) is 64.4. The minimum atomic E-state index is -1.28. The molecule has 388 valence electrons. The van der Waals surface area contributed by atoms with E-state index in [4.69, 9.17) is 0 Å². The fraction of sp³-hybridized carbons (Fsp3) is 0.949. The van der Waals surface area contributed by atoms with Gasteiger partial charge in [0.1, 0.15) is 12.2 Å². The second kappa shape index (κ2) is 54.0. The minimum Gasteiger partial charge on any atom is -0.394 e. The number of rotatable bonds is 55. The van der Waals surface area contributed by atoms with Crippen molar-refractivity contribution in [2.45, 2.75) is 353 Å². The Bertz CT molecular complexity index is 944. The number of allylic oxidation sites excluding steroid dienone is 2. The lowest BCUT2D eigenvalue weighted by Crippen LogP contribution is -2.53. The van der Waals surface area contributed by atoms with Gasteiger partial charge in [0.2, 0.25) is 5.91 Å². The molecule has 0 saturated heterocycles. The van der Waals surface area contributed by atoms with Gasteiger partial charge in [0.25, 0.3) is 0 Å². The number of amides is 1. The molecule has 0 aromatic heterocycles. The third-order valence-electron chi connectivity index (χ3n) is 14.2. The first kappa shape index (κ1) is 64.0. The van der Waals surface area contributed by atoms with Crippen molar-refractivity contribution >= 4 is 5.91 Å². The molecule has 0 aliphatic heterocycles. The van der Waals surface area contributed by atoms with Crippen molar-refractivity contribution < 1.29 is 25.2 Å². The maximum atomic E-state index is 12.6. The molecule has 65 heavy (non-hydrogen) atoms. The molecule has 6 nitrogen and oxygen atoms in total. The van der Waals surface area contributed by atoms with Gasteiger partial charge in [-0.1, -0.05) is 302 Å². The monoisotopic (exact) mass is 920 g/mol. The van der Waals surface area contributed by atoms with Gasteiger partial charge in [-0.05, 0) is 38.5 Å². The molecule has 4 unspecified atom stereocenters. The summed E-state index contributed by atoms with van der Waals surface area (Å²) in [4.78, 5) is 12.6. The summed E-state index contributed by atoms with van der Waals surface area (Å²) in [6.45, 7) is 4.09. The number of nitrogens with one attached hydrogen (secondary N) is 1. The van der Waals surface area contributed by atoms with Crippen LogP contribution in [0.25, 0.3) is 0 Å². The number of aliphatic hydroxyl groups is 4. The van der Waals surface area contributed by atoms with Gasteiger partial charge in [0.05, 0.1) is 18.8 Å². The molecule has 0 aliphatic carbocycles. The first-order valence-corrected chi connectivity index (χ1v) is 29.6. The zero-order chi connectivity index (χ0) is 47.4. The molecule has 0 rings (SSSR count). The average Bonchev–Trinajstić information content (AvgIpc) is 3.31. The quantitative estimate of drug-likeness (QED) is 0.0308. The Morgan fingerprint density at radius 2 is 0.631 bits per heavy atom. The number of aliphatic hydroxyl groups excluding tert-OH is 4. The maximum absolute atomic E-state index is 12.6. The average molecular weight is 921 g/mol. The summed E-state index contributed by atoms with van der Waals surface area (Å²) in [5.41, 5.74) is 0.